The van der Waals surface area contributed by atoms with Crippen LogP contribution in [0, 0.1) is 0 Å². The van der Waals surface area contributed by atoms with E-state index in [4.69, 9.17) is 9.47 Å². The van der Waals surface area contributed by atoms with Crippen molar-refractivity contribution in [3.05, 3.63) is 18.6 Å². The highest BCUT2D eigenvalue weighted by Gasteiger charge is 2.44. The van der Waals surface area contributed by atoms with Gasteiger partial charge in [0.2, 0.25) is 0 Å². The number of rotatable bonds is 2. The summed E-state index contributed by atoms with van der Waals surface area (Å²) in [6, 6.07) is 1.97. The number of aromatic nitrogens is 2. The predicted molar refractivity (Wildman–Crippen MR) is 72.2 cm³/mol. The molecule has 1 atom stereocenters. The first-order valence-corrected chi connectivity index (χ1v) is 7.02. The zero-order valence-electron chi connectivity index (χ0n) is 11.4. The molecule has 0 N–H and O–H groups in total. The van der Waals surface area contributed by atoms with Crippen LogP contribution in [0.3, 0.4) is 0 Å². The van der Waals surface area contributed by atoms with Crippen molar-refractivity contribution >= 4 is 5.82 Å². The van der Waals surface area contributed by atoms with E-state index in [1.807, 2.05) is 6.07 Å². The number of nitrogens with zero attached hydrogens (tertiary/aromatic N) is 3. The summed E-state index contributed by atoms with van der Waals surface area (Å²) in [5, 5.41) is 0. The average molecular weight is 263 g/mol. The van der Waals surface area contributed by atoms with Gasteiger partial charge in [-0.3, -0.25) is 0 Å². The molecule has 5 heteroatoms. The Morgan fingerprint density at radius 1 is 1.42 bits per heavy atom. The largest absolute Gasteiger partial charge is 0.378 e. The highest BCUT2D eigenvalue weighted by Crippen LogP contribution is 2.37. The van der Waals surface area contributed by atoms with Crippen LogP contribution in [0.4, 0.5) is 5.82 Å². The molecule has 1 spiro atoms. The van der Waals surface area contributed by atoms with Crippen LogP contribution in [0.15, 0.2) is 18.6 Å². The van der Waals surface area contributed by atoms with Crippen LogP contribution >= 0.6 is 0 Å². The molecule has 2 aliphatic rings. The van der Waals surface area contributed by atoms with Crippen LogP contribution in [0.1, 0.15) is 25.7 Å². The Bertz CT molecular complexity index is 404. The van der Waals surface area contributed by atoms with Gasteiger partial charge in [-0.1, -0.05) is 0 Å². The summed E-state index contributed by atoms with van der Waals surface area (Å²) >= 11 is 0. The van der Waals surface area contributed by atoms with Crippen molar-refractivity contribution in [1.29, 1.82) is 0 Å². The lowest BCUT2D eigenvalue weighted by Crippen LogP contribution is -2.56. The molecule has 104 valence electrons. The van der Waals surface area contributed by atoms with Crippen LogP contribution in [0.5, 0.6) is 0 Å². The van der Waals surface area contributed by atoms with Gasteiger partial charge in [0.15, 0.2) is 0 Å². The zero-order chi connectivity index (χ0) is 13.1. The third kappa shape index (κ3) is 2.44. The summed E-state index contributed by atoms with van der Waals surface area (Å²) in [5.41, 5.74) is -0.0729. The maximum absolute atomic E-state index is 6.11. The first-order chi connectivity index (χ1) is 9.34. The van der Waals surface area contributed by atoms with Crippen molar-refractivity contribution in [3.8, 4) is 0 Å². The van der Waals surface area contributed by atoms with E-state index in [0.717, 1.165) is 51.2 Å². The normalized spacial score (nSPS) is 26.6. The third-order valence-corrected chi connectivity index (χ3v) is 4.37. The van der Waals surface area contributed by atoms with Crippen LogP contribution in [-0.4, -0.2) is 48.5 Å². The lowest BCUT2D eigenvalue weighted by molar-refractivity contribution is -0.175. The lowest BCUT2D eigenvalue weighted by atomic mass is 9.82. The van der Waals surface area contributed by atoms with Gasteiger partial charge in [0.05, 0.1) is 11.7 Å². The van der Waals surface area contributed by atoms with E-state index in [0.29, 0.717) is 0 Å². The maximum Gasteiger partial charge on any atom is 0.131 e. The molecule has 0 saturated carbocycles. The van der Waals surface area contributed by atoms with Crippen molar-refractivity contribution in [2.75, 3.05) is 31.7 Å². The summed E-state index contributed by atoms with van der Waals surface area (Å²) in [7, 11) is 1.80. The number of methoxy groups -OCH3 is 1. The fourth-order valence-electron chi connectivity index (χ4n) is 3.28. The molecule has 19 heavy (non-hydrogen) atoms. The van der Waals surface area contributed by atoms with Gasteiger partial charge in [-0.05, 0) is 31.7 Å². The Morgan fingerprint density at radius 3 is 2.95 bits per heavy atom. The molecule has 0 aromatic carbocycles. The first kappa shape index (κ1) is 12.8. The zero-order valence-corrected chi connectivity index (χ0v) is 11.4. The van der Waals surface area contributed by atoms with E-state index < -0.39 is 0 Å². The van der Waals surface area contributed by atoms with Gasteiger partial charge in [-0.25, -0.2) is 9.97 Å². The minimum absolute atomic E-state index is 0.0729. The minimum atomic E-state index is -0.0729. The van der Waals surface area contributed by atoms with Gasteiger partial charge in [-0.15, -0.1) is 0 Å². The number of hydrogen-bond acceptors (Lipinski definition) is 5. The summed E-state index contributed by atoms with van der Waals surface area (Å²) < 4.78 is 11.8. The van der Waals surface area contributed by atoms with Crippen LogP contribution < -0.4 is 4.90 Å². The maximum atomic E-state index is 6.11. The van der Waals surface area contributed by atoms with Gasteiger partial charge in [0.25, 0.3) is 0 Å². The van der Waals surface area contributed by atoms with E-state index >= 15 is 0 Å². The predicted octanol–water partition coefficient (Wildman–Crippen LogP) is 1.64. The Balaban J connectivity index is 1.68. The number of anilines is 1. The standard InChI is InChI=1S/C14H21N3O2/c1-18-12-3-2-10-19-14(12)5-8-17(9-6-14)13-4-7-15-11-16-13/h4,7,11-12H,2-3,5-6,8-10H2,1H3. The molecule has 2 saturated heterocycles. The molecule has 2 aliphatic heterocycles. The molecular formula is C14H21N3O2. The molecule has 1 unspecified atom stereocenters. The Labute approximate surface area is 113 Å². The van der Waals surface area contributed by atoms with E-state index in [9.17, 15) is 0 Å². The van der Waals surface area contributed by atoms with Gasteiger partial charge >= 0.3 is 0 Å². The molecule has 0 radical (unpaired) electrons. The molecule has 0 amide bonds. The molecule has 1 aromatic rings. The molecule has 1 aromatic heterocycles. The highest BCUT2D eigenvalue weighted by atomic mass is 16.5. The van der Waals surface area contributed by atoms with Crippen molar-refractivity contribution < 1.29 is 9.47 Å². The van der Waals surface area contributed by atoms with E-state index in [1.54, 1.807) is 19.6 Å². The topological polar surface area (TPSA) is 47.5 Å². The molecule has 0 bridgehead atoms. The SMILES string of the molecule is COC1CCCOC12CCN(c1ccncn1)CC2. The molecule has 3 heterocycles. The summed E-state index contributed by atoms with van der Waals surface area (Å²) in [4.78, 5) is 10.6. The summed E-state index contributed by atoms with van der Waals surface area (Å²) in [5.74, 6) is 1.01. The minimum Gasteiger partial charge on any atom is -0.378 e. The smallest absolute Gasteiger partial charge is 0.131 e. The van der Waals surface area contributed by atoms with Crippen molar-refractivity contribution in [2.24, 2.45) is 0 Å². The molecule has 3 rings (SSSR count). The third-order valence-electron chi connectivity index (χ3n) is 4.37. The second-order valence-corrected chi connectivity index (χ2v) is 5.33. The van der Waals surface area contributed by atoms with E-state index in [1.165, 1.54) is 0 Å². The second-order valence-electron chi connectivity index (χ2n) is 5.33. The molecular weight excluding hydrogens is 242 g/mol. The Morgan fingerprint density at radius 2 is 2.26 bits per heavy atom. The monoisotopic (exact) mass is 263 g/mol. The lowest BCUT2D eigenvalue weighted by Gasteiger charge is -2.48. The Kier molecular flexibility index (Phi) is 3.66. The van der Waals surface area contributed by atoms with Crippen LogP contribution in [0.25, 0.3) is 0 Å². The summed E-state index contributed by atoms with van der Waals surface area (Å²) in [6.45, 7) is 2.81. The number of piperidine rings is 1. The van der Waals surface area contributed by atoms with Crippen molar-refractivity contribution in [3.63, 3.8) is 0 Å². The van der Waals surface area contributed by atoms with Crippen LogP contribution in [-0.2, 0) is 9.47 Å². The fraction of sp³-hybridized carbons (Fsp3) is 0.714. The molecule has 0 aliphatic carbocycles. The van der Waals surface area contributed by atoms with Crippen molar-refractivity contribution in [1.82, 2.24) is 9.97 Å². The van der Waals surface area contributed by atoms with E-state index in [-0.39, 0.29) is 11.7 Å². The van der Waals surface area contributed by atoms with Gasteiger partial charge in [0, 0.05) is 33.0 Å². The summed E-state index contributed by atoms with van der Waals surface area (Å²) in [6.07, 6.45) is 7.88. The quantitative estimate of drug-likeness (QED) is 0.812. The van der Waals surface area contributed by atoms with Crippen molar-refractivity contribution in [2.45, 2.75) is 37.4 Å². The second kappa shape index (κ2) is 5.43. The highest BCUT2D eigenvalue weighted by molar-refractivity contribution is 5.37. The van der Waals surface area contributed by atoms with Gasteiger partial charge in [-0.2, -0.15) is 0 Å². The van der Waals surface area contributed by atoms with Gasteiger partial charge in [0.1, 0.15) is 12.1 Å². The average Bonchev–Trinajstić information content (AvgIpc) is 2.49. The molecule has 5 nitrogen and oxygen atoms in total. The number of hydrogen-bond donors (Lipinski definition) is 0. The van der Waals surface area contributed by atoms with E-state index in [2.05, 4.69) is 14.9 Å². The van der Waals surface area contributed by atoms with Gasteiger partial charge < -0.3 is 14.4 Å². The fourth-order valence-corrected chi connectivity index (χ4v) is 3.28. The molecule has 2 fully saturated rings. The Hall–Kier alpha value is -1.20. The first-order valence-electron chi connectivity index (χ1n) is 7.02. The number of ether oxygens (including phenoxy) is 2. The van der Waals surface area contributed by atoms with Crippen LogP contribution in [0.2, 0.25) is 0 Å².